The summed E-state index contributed by atoms with van der Waals surface area (Å²) in [5.41, 5.74) is 1.28. The zero-order valence-corrected chi connectivity index (χ0v) is 26.6. The fourth-order valence-electron chi connectivity index (χ4n) is 5.82. The molecule has 1 aromatic carbocycles. The average Bonchev–Trinajstić information content (AvgIpc) is 2.95. The molecule has 0 aliphatic heterocycles. The van der Waals surface area contributed by atoms with Gasteiger partial charge in [0, 0.05) is 0 Å². The molecule has 0 fully saturated rings. The topological polar surface area (TPSA) is 0 Å². The van der Waals surface area contributed by atoms with Gasteiger partial charge in [-0.3, -0.25) is 0 Å². The molecule has 1 unspecified atom stereocenters. The summed E-state index contributed by atoms with van der Waals surface area (Å²) < 4.78 is 0. The third-order valence-electron chi connectivity index (χ3n) is 8.47. The van der Waals surface area contributed by atoms with E-state index in [0.717, 1.165) is 6.42 Å². The van der Waals surface area contributed by atoms with Gasteiger partial charge in [-0.1, -0.05) is 217 Å². The number of hydrogen-bond donors (Lipinski definition) is 0. The van der Waals surface area contributed by atoms with Crippen molar-refractivity contribution >= 4 is 11.6 Å². The van der Waals surface area contributed by atoms with E-state index in [9.17, 15) is 0 Å². The molecule has 0 heterocycles. The second kappa shape index (κ2) is 29.5. The second-order valence-corrected chi connectivity index (χ2v) is 12.7. The molecule has 0 aromatic heterocycles. The number of hydrogen-bond acceptors (Lipinski definition) is 0. The van der Waals surface area contributed by atoms with Gasteiger partial charge in [0.05, 0.1) is 5.38 Å². The third-order valence-corrected chi connectivity index (χ3v) is 8.94. The van der Waals surface area contributed by atoms with E-state index in [1.165, 1.54) is 185 Å². The monoisotopic (exact) mass is 546 g/mol. The highest BCUT2D eigenvalue weighted by Crippen LogP contribution is 2.26. The van der Waals surface area contributed by atoms with E-state index < -0.39 is 0 Å². The quantitative estimate of drug-likeness (QED) is 0.0664. The van der Waals surface area contributed by atoms with Crippen LogP contribution in [0.15, 0.2) is 30.3 Å². The number of unbranched alkanes of at least 4 members (excludes halogenated alkanes) is 27. The van der Waals surface area contributed by atoms with Crippen LogP contribution in [0.1, 0.15) is 204 Å². The molecule has 1 rings (SSSR count). The molecule has 0 radical (unpaired) electrons. The number of alkyl halides is 1. The van der Waals surface area contributed by atoms with Gasteiger partial charge < -0.3 is 0 Å². The molecule has 0 nitrogen and oxygen atoms in total. The Hall–Kier alpha value is -0.490. The predicted octanol–water partition coefficient (Wildman–Crippen LogP) is 14.3. The number of halogens is 1. The lowest BCUT2D eigenvalue weighted by molar-refractivity contribution is 0.513. The van der Waals surface area contributed by atoms with E-state index in [2.05, 4.69) is 37.3 Å². The van der Waals surface area contributed by atoms with Gasteiger partial charge in [-0.05, 0) is 12.0 Å². The van der Waals surface area contributed by atoms with Gasteiger partial charge >= 0.3 is 0 Å². The van der Waals surface area contributed by atoms with Gasteiger partial charge in [0.15, 0.2) is 0 Å². The molecule has 1 atom stereocenters. The summed E-state index contributed by atoms with van der Waals surface area (Å²) in [6.45, 7) is 2.31. The molecule has 0 N–H and O–H groups in total. The molecular formula is C37H67Cl. The van der Waals surface area contributed by atoms with Crippen LogP contribution in [0.25, 0.3) is 0 Å². The normalized spacial score (nSPS) is 12.3. The second-order valence-electron chi connectivity index (χ2n) is 12.2. The molecule has 0 spiro atoms. The molecule has 222 valence electrons. The Morgan fingerprint density at radius 3 is 0.947 bits per heavy atom. The van der Waals surface area contributed by atoms with Gasteiger partial charge in [-0.15, -0.1) is 11.6 Å². The van der Waals surface area contributed by atoms with Crippen molar-refractivity contribution < 1.29 is 0 Å². The molecule has 1 aromatic rings. The minimum absolute atomic E-state index is 0.195. The van der Waals surface area contributed by atoms with Gasteiger partial charge in [0.25, 0.3) is 0 Å². The van der Waals surface area contributed by atoms with E-state index in [0.29, 0.717) is 0 Å². The van der Waals surface area contributed by atoms with Crippen molar-refractivity contribution in [2.75, 3.05) is 0 Å². The van der Waals surface area contributed by atoms with Crippen LogP contribution in [-0.4, -0.2) is 0 Å². The number of benzene rings is 1. The first-order chi connectivity index (χ1) is 18.8. The van der Waals surface area contributed by atoms with E-state index in [1.807, 2.05) is 0 Å². The van der Waals surface area contributed by atoms with Crippen LogP contribution in [0.4, 0.5) is 0 Å². The Bertz CT molecular complexity index is 553. The van der Waals surface area contributed by atoms with Crippen LogP contribution in [0.3, 0.4) is 0 Å². The summed E-state index contributed by atoms with van der Waals surface area (Å²) >= 11 is 6.52. The maximum absolute atomic E-state index is 6.52. The molecule has 0 bridgehead atoms. The van der Waals surface area contributed by atoms with Crippen LogP contribution in [-0.2, 0) is 0 Å². The maximum atomic E-state index is 6.52. The van der Waals surface area contributed by atoms with Crippen molar-refractivity contribution in [1.29, 1.82) is 0 Å². The van der Waals surface area contributed by atoms with Crippen molar-refractivity contribution in [2.24, 2.45) is 0 Å². The maximum Gasteiger partial charge on any atom is 0.0585 e. The zero-order chi connectivity index (χ0) is 27.2. The Kier molecular flexibility index (Phi) is 27.6. The molecular weight excluding hydrogens is 480 g/mol. The largest absolute Gasteiger partial charge is 0.118 e. The van der Waals surface area contributed by atoms with Crippen LogP contribution >= 0.6 is 11.6 Å². The van der Waals surface area contributed by atoms with E-state index in [4.69, 9.17) is 11.6 Å². The van der Waals surface area contributed by atoms with Crippen LogP contribution in [0.2, 0.25) is 0 Å². The molecule has 1 heteroatoms. The first-order valence-corrected chi connectivity index (χ1v) is 18.0. The van der Waals surface area contributed by atoms with E-state index in [1.54, 1.807) is 0 Å². The van der Waals surface area contributed by atoms with Gasteiger partial charge in [-0.25, -0.2) is 0 Å². The Labute approximate surface area is 245 Å². The van der Waals surface area contributed by atoms with Crippen molar-refractivity contribution in [3.8, 4) is 0 Å². The Balaban J connectivity index is 1.66. The van der Waals surface area contributed by atoms with Gasteiger partial charge in [0.1, 0.15) is 0 Å². The molecule has 38 heavy (non-hydrogen) atoms. The lowest BCUT2D eigenvalue weighted by Gasteiger charge is -2.09. The minimum Gasteiger partial charge on any atom is -0.118 e. The van der Waals surface area contributed by atoms with Gasteiger partial charge in [0.2, 0.25) is 0 Å². The highest BCUT2D eigenvalue weighted by molar-refractivity contribution is 6.20. The zero-order valence-electron chi connectivity index (χ0n) is 25.8. The van der Waals surface area contributed by atoms with Crippen LogP contribution in [0.5, 0.6) is 0 Å². The van der Waals surface area contributed by atoms with E-state index in [-0.39, 0.29) is 5.38 Å². The lowest BCUT2D eigenvalue weighted by Crippen LogP contribution is -1.90. The minimum atomic E-state index is 0.195. The summed E-state index contributed by atoms with van der Waals surface area (Å²) in [7, 11) is 0. The highest BCUT2D eigenvalue weighted by atomic mass is 35.5. The smallest absolute Gasteiger partial charge is 0.0585 e. The van der Waals surface area contributed by atoms with Crippen molar-refractivity contribution in [3.63, 3.8) is 0 Å². The molecule has 0 saturated heterocycles. The van der Waals surface area contributed by atoms with Crippen molar-refractivity contribution in [3.05, 3.63) is 35.9 Å². The summed E-state index contributed by atoms with van der Waals surface area (Å²) in [4.78, 5) is 0. The summed E-state index contributed by atoms with van der Waals surface area (Å²) in [5.74, 6) is 0. The molecule has 0 saturated carbocycles. The fraction of sp³-hybridized carbons (Fsp3) is 0.838. The highest BCUT2D eigenvalue weighted by Gasteiger charge is 2.06. The van der Waals surface area contributed by atoms with Crippen molar-refractivity contribution in [1.82, 2.24) is 0 Å². The Morgan fingerprint density at radius 1 is 0.395 bits per heavy atom. The predicted molar refractivity (Wildman–Crippen MR) is 175 cm³/mol. The van der Waals surface area contributed by atoms with E-state index >= 15 is 0 Å². The van der Waals surface area contributed by atoms with Crippen LogP contribution < -0.4 is 0 Å². The SMILES string of the molecule is CCCCCCCCCCCCCCCCCCCCCCCCCCCCCCC(Cl)c1ccccc1. The first kappa shape index (κ1) is 35.5. The first-order valence-electron chi connectivity index (χ1n) is 17.5. The average molecular weight is 547 g/mol. The lowest BCUT2D eigenvalue weighted by atomic mass is 10.0. The summed E-state index contributed by atoms with van der Waals surface area (Å²) in [6, 6.07) is 10.5. The Morgan fingerprint density at radius 2 is 0.658 bits per heavy atom. The third kappa shape index (κ3) is 24.5. The fourth-order valence-corrected chi connectivity index (χ4v) is 6.12. The number of rotatable bonds is 30. The van der Waals surface area contributed by atoms with Gasteiger partial charge in [-0.2, -0.15) is 0 Å². The summed E-state index contributed by atoms with van der Waals surface area (Å²) in [6.07, 6.45) is 41.8. The molecule has 0 aliphatic carbocycles. The molecule has 0 amide bonds. The molecule has 0 aliphatic rings. The van der Waals surface area contributed by atoms with Crippen LogP contribution in [0, 0.1) is 0 Å². The standard InChI is InChI=1S/C37H67Cl/c1-2-3-4-5-6-7-8-9-10-11-12-13-14-15-16-17-18-19-20-21-22-23-24-25-26-27-28-32-35-37(38)36-33-30-29-31-34-36/h29-31,33-34,37H,2-28,32,35H2,1H3. The summed E-state index contributed by atoms with van der Waals surface area (Å²) in [5, 5.41) is 0.195. The van der Waals surface area contributed by atoms with Crippen molar-refractivity contribution in [2.45, 2.75) is 199 Å².